The molecule has 0 aliphatic rings. The van der Waals surface area contributed by atoms with Gasteiger partial charge in [0.2, 0.25) is 6.71 Å². The zero-order valence-electron chi connectivity index (χ0n) is 34.7. The van der Waals surface area contributed by atoms with Crippen molar-refractivity contribution < 1.29 is 0 Å². The van der Waals surface area contributed by atoms with Crippen LogP contribution in [0.1, 0.15) is 33.4 Å². The molecular formula is C54H48BN3Si. The summed E-state index contributed by atoms with van der Waals surface area (Å²) in [7, 11) is -2.80. The van der Waals surface area contributed by atoms with Crippen molar-refractivity contribution in [2.45, 2.75) is 41.5 Å². The molecule has 9 aromatic rings. The summed E-state index contributed by atoms with van der Waals surface area (Å²) >= 11 is 0. The second-order valence-electron chi connectivity index (χ2n) is 16.2. The molecule has 0 aliphatic carbocycles. The zero-order chi connectivity index (χ0) is 40.7. The van der Waals surface area contributed by atoms with Crippen molar-refractivity contribution in [2.24, 2.45) is 0 Å². The van der Waals surface area contributed by atoms with Gasteiger partial charge in [0.25, 0.3) is 0 Å². The van der Waals surface area contributed by atoms with Crippen molar-refractivity contribution in [3.63, 3.8) is 0 Å². The van der Waals surface area contributed by atoms with Crippen LogP contribution in [-0.2, 0) is 0 Å². The van der Waals surface area contributed by atoms with Gasteiger partial charge in [-0.05, 0) is 98.2 Å². The molecule has 5 heteroatoms. The first-order valence-electron chi connectivity index (χ1n) is 20.6. The van der Waals surface area contributed by atoms with Crippen molar-refractivity contribution in [3.8, 4) is 16.9 Å². The van der Waals surface area contributed by atoms with Crippen LogP contribution in [0.4, 0.5) is 0 Å². The van der Waals surface area contributed by atoms with Crippen LogP contribution in [0, 0.1) is 41.5 Å². The van der Waals surface area contributed by atoms with Crippen molar-refractivity contribution in [1.82, 2.24) is 14.5 Å². The first-order valence-corrected chi connectivity index (χ1v) is 22.6. The summed E-state index contributed by atoms with van der Waals surface area (Å²) in [6.07, 6.45) is 5.84. The monoisotopic (exact) mass is 777 g/mol. The van der Waals surface area contributed by atoms with Gasteiger partial charge >= 0.3 is 0 Å². The van der Waals surface area contributed by atoms with E-state index in [9.17, 15) is 0 Å². The Morgan fingerprint density at radius 1 is 0.458 bits per heavy atom. The molecule has 0 radical (unpaired) electrons. The molecule has 0 fully saturated rings. The molecule has 0 saturated heterocycles. The van der Waals surface area contributed by atoms with Crippen molar-refractivity contribution >= 4 is 63.0 Å². The Labute approximate surface area is 350 Å². The first-order chi connectivity index (χ1) is 28.7. The predicted octanol–water partition coefficient (Wildman–Crippen LogP) is 7.83. The van der Waals surface area contributed by atoms with Crippen LogP contribution in [0.15, 0.2) is 182 Å². The van der Waals surface area contributed by atoms with Crippen LogP contribution in [0.2, 0.25) is 0 Å². The lowest BCUT2D eigenvalue weighted by atomic mass is 9.34. The maximum atomic E-state index is 4.89. The standard InChI is InChI=1S/C54H48BN3Si/c1-37-32-39(3)52(40(4)33-37)55(53-41(5)34-38(2)35-42(53)6)46-22-26-50(27-23-46)59(47-15-9-7-10-16-47,48-17-11-8-12-18-48)49-24-19-43(20-25-49)45-21-28-51(57-36-45)58-31-29-44-14-13-30-56-54(44)58/h7-36H,1-6H3. The number of fused-ring (bicyclic) bond motifs is 1. The fourth-order valence-electron chi connectivity index (χ4n) is 9.84. The van der Waals surface area contributed by atoms with Crippen LogP contribution >= 0.6 is 0 Å². The van der Waals surface area contributed by atoms with Gasteiger partial charge in [-0.1, -0.05) is 183 Å². The van der Waals surface area contributed by atoms with Crippen molar-refractivity contribution in [3.05, 3.63) is 216 Å². The van der Waals surface area contributed by atoms with E-state index in [2.05, 4.69) is 204 Å². The summed E-state index contributed by atoms with van der Waals surface area (Å²) in [6, 6.07) is 61.2. The predicted molar refractivity (Wildman–Crippen MR) is 254 cm³/mol. The molecule has 6 aromatic carbocycles. The normalized spacial score (nSPS) is 11.6. The third-order valence-corrected chi connectivity index (χ3v) is 17.0. The molecule has 9 rings (SSSR count). The highest BCUT2D eigenvalue weighted by molar-refractivity contribution is 7.20. The van der Waals surface area contributed by atoms with Gasteiger partial charge < -0.3 is 0 Å². The highest BCUT2D eigenvalue weighted by Gasteiger charge is 2.41. The molecule has 286 valence electrons. The van der Waals surface area contributed by atoms with E-state index in [4.69, 9.17) is 4.98 Å². The number of aryl methyl sites for hydroxylation is 6. The number of nitrogens with zero attached hydrogens (tertiary/aromatic N) is 3. The van der Waals surface area contributed by atoms with Gasteiger partial charge in [-0.25, -0.2) is 9.97 Å². The second kappa shape index (κ2) is 15.7. The van der Waals surface area contributed by atoms with Gasteiger partial charge in [0.05, 0.1) is 0 Å². The van der Waals surface area contributed by atoms with Gasteiger partial charge in [0.1, 0.15) is 11.5 Å². The molecule has 0 bridgehead atoms. The van der Waals surface area contributed by atoms with Gasteiger partial charge in [0, 0.05) is 29.5 Å². The number of benzene rings is 6. The van der Waals surface area contributed by atoms with Gasteiger partial charge in [-0.15, -0.1) is 0 Å². The molecule has 0 aliphatic heterocycles. The third kappa shape index (κ3) is 6.85. The van der Waals surface area contributed by atoms with E-state index in [0.29, 0.717) is 0 Å². The molecule has 0 atom stereocenters. The Kier molecular flexibility index (Phi) is 10.1. The quantitative estimate of drug-likeness (QED) is 0.111. The lowest BCUT2D eigenvalue weighted by Crippen LogP contribution is -2.74. The first kappa shape index (κ1) is 38.0. The molecule has 3 nitrogen and oxygen atoms in total. The highest BCUT2D eigenvalue weighted by atomic mass is 28.3. The fraction of sp³-hybridized carbons (Fsp3) is 0.111. The number of hydrogen-bond acceptors (Lipinski definition) is 2. The number of aromatic nitrogens is 3. The third-order valence-electron chi connectivity index (χ3n) is 12.2. The van der Waals surface area contributed by atoms with Crippen molar-refractivity contribution in [2.75, 3.05) is 0 Å². The lowest BCUT2D eigenvalue weighted by molar-refractivity contribution is 1.02. The molecule has 0 saturated carbocycles. The lowest BCUT2D eigenvalue weighted by Gasteiger charge is -2.35. The Balaban J connectivity index is 1.18. The minimum Gasteiger partial charge on any atom is -0.285 e. The Bertz CT molecular complexity index is 2780. The molecule has 0 amide bonds. The summed E-state index contributed by atoms with van der Waals surface area (Å²) < 4.78 is 2.04. The van der Waals surface area contributed by atoms with Crippen LogP contribution in [0.25, 0.3) is 28.0 Å². The smallest absolute Gasteiger partial charge is 0.242 e. The Morgan fingerprint density at radius 3 is 1.46 bits per heavy atom. The van der Waals surface area contributed by atoms with E-state index in [1.54, 1.807) is 0 Å². The van der Waals surface area contributed by atoms with E-state index in [0.717, 1.165) is 28.0 Å². The number of pyridine rings is 2. The van der Waals surface area contributed by atoms with Crippen molar-refractivity contribution in [1.29, 1.82) is 0 Å². The number of rotatable bonds is 9. The van der Waals surface area contributed by atoms with E-state index >= 15 is 0 Å². The number of hydrogen-bond donors (Lipinski definition) is 0. The second-order valence-corrected chi connectivity index (χ2v) is 20.1. The molecule has 0 unspecified atom stereocenters. The van der Waals surface area contributed by atoms with Gasteiger partial charge in [-0.3, -0.25) is 4.57 Å². The molecular weight excluding hydrogens is 730 g/mol. The van der Waals surface area contributed by atoms with E-state index < -0.39 is 8.07 Å². The summed E-state index contributed by atoms with van der Waals surface area (Å²) in [5.41, 5.74) is 15.2. The summed E-state index contributed by atoms with van der Waals surface area (Å²) in [5.74, 6) is 0.852. The fourth-order valence-corrected chi connectivity index (χ4v) is 14.6. The highest BCUT2D eigenvalue weighted by Crippen LogP contribution is 2.22. The van der Waals surface area contributed by atoms with E-state index in [1.807, 2.05) is 29.2 Å². The molecule has 59 heavy (non-hydrogen) atoms. The Morgan fingerprint density at radius 2 is 0.949 bits per heavy atom. The van der Waals surface area contributed by atoms with Gasteiger partial charge in [-0.2, -0.15) is 0 Å². The topological polar surface area (TPSA) is 30.7 Å². The molecule has 3 heterocycles. The minimum absolute atomic E-state index is 0.113. The maximum Gasteiger partial charge on any atom is 0.242 e. The average molecular weight is 778 g/mol. The molecule has 3 aromatic heterocycles. The largest absolute Gasteiger partial charge is 0.285 e. The summed E-state index contributed by atoms with van der Waals surface area (Å²) in [4.78, 5) is 9.48. The maximum absolute atomic E-state index is 4.89. The average Bonchev–Trinajstić information content (AvgIpc) is 3.69. The molecule has 0 N–H and O–H groups in total. The van der Waals surface area contributed by atoms with Crippen LogP contribution in [0.5, 0.6) is 0 Å². The van der Waals surface area contributed by atoms with Crippen LogP contribution < -0.4 is 37.1 Å². The molecule has 0 spiro atoms. The summed E-state index contributed by atoms with van der Waals surface area (Å²) in [5, 5.41) is 6.52. The van der Waals surface area contributed by atoms with Crippen LogP contribution in [-0.4, -0.2) is 29.3 Å². The van der Waals surface area contributed by atoms with E-state index in [1.165, 1.54) is 70.5 Å². The SMILES string of the molecule is Cc1cc(C)c(B(c2ccc([Si](c3ccccc3)(c3ccccc3)c3ccc(-c4ccc(-n5ccc6cccnc65)nc4)cc3)cc2)c2c(C)cc(C)cc2C)c(C)c1. The van der Waals surface area contributed by atoms with E-state index in [-0.39, 0.29) is 6.71 Å². The summed E-state index contributed by atoms with van der Waals surface area (Å²) in [6.45, 7) is 13.7. The zero-order valence-corrected chi connectivity index (χ0v) is 35.7. The van der Waals surface area contributed by atoms with Gasteiger partial charge in [0.15, 0.2) is 8.07 Å². The van der Waals surface area contributed by atoms with Crippen LogP contribution in [0.3, 0.4) is 0 Å². The minimum atomic E-state index is -2.80. The Hall–Kier alpha value is -6.56.